The van der Waals surface area contributed by atoms with Gasteiger partial charge in [-0.15, -0.1) is 0 Å². The molecule has 2 heteroatoms. The molecule has 3 fully saturated rings. The van der Waals surface area contributed by atoms with E-state index in [2.05, 4.69) is 34.6 Å². The van der Waals surface area contributed by atoms with Crippen LogP contribution in [0.15, 0.2) is 11.1 Å². The maximum absolute atomic E-state index is 12.6. The number of rotatable bonds is 0. The number of hydrogen-bond acceptors (Lipinski definition) is 2. The van der Waals surface area contributed by atoms with E-state index < -0.39 is 0 Å². The molecule has 0 amide bonds. The molecule has 6 atom stereocenters. The highest BCUT2D eigenvalue weighted by Crippen LogP contribution is 2.73. The summed E-state index contributed by atoms with van der Waals surface area (Å²) in [6, 6.07) is 0. The topological polar surface area (TPSA) is 26.3 Å². The summed E-state index contributed by atoms with van der Waals surface area (Å²) in [7, 11) is 0. The Morgan fingerprint density at radius 2 is 1.52 bits per heavy atom. The maximum Gasteiger partial charge on any atom is 0.334 e. The van der Waals surface area contributed by atoms with E-state index in [1.807, 2.05) is 0 Å². The van der Waals surface area contributed by atoms with Crippen molar-refractivity contribution in [3.8, 4) is 0 Å². The molecule has 27 heavy (non-hydrogen) atoms. The average molecular weight is 371 g/mol. The van der Waals surface area contributed by atoms with Crippen LogP contribution >= 0.6 is 0 Å². The molecule has 0 radical (unpaired) electrons. The first-order chi connectivity index (χ1) is 12.6. The molecule has 0 aromatic rings. The van der Waals surface area contributed by atoms with E-state index in [4.69, 9.17) is 4.74 Å². The van der Waals surface area contributed by atoms with Gasteiger partial charge in [0.25, 0.3) is 0 Å². The van der Waals surface area contributed by atoms with Gasteiger partial charge in [0.15, 0.2) is 0 Å². The van der Waals surface area contributed by atoms with Crippen LogP contribution in [-0.4, -0.2) is 12.6 Å². The molecule has 0 aromatic carbocycles. The van der Waals surface area contributed by atoms with Crippen molar-refractivity contribution in [2.75, 3.05) is 6.61 Å². The molecule has 0 saturated heterocycles. The Labute approximate surface area is 165 Å². The monoisotopic (exact) mass is 370 g/mol. The Morgan fingerprint density at radius 1 is 0.815 bits per heavy atom. The molecule has 4 aliphatic carbocycles. The smallest absolute Gasteiger partial charge is 0.334 e. The zero-order valence-corrected chi connectivity index (χ0v) is 18.1. The summed E-state index contributed by atoms with van der Waals surface area (Å²) in [6.45, 7) is 13.3. The Hall–Kier alpha value is -0.790. The molecule has 2 nitrogen and oxygen atoms in total. The van der Waals surface area contributed by atoms with Gasteiger partial charge < -0.3 is 4.74 Å². The first-order valence-electron chi connectivity index (χ1n) is 11.5. The zero-order chi connectivity index (χ0) is 19.2. The molecule has 0 N–H and O–H groups in total. The Bertz CT molecular complexity index is 718. The van der Waals surface area contributed by atoms with Crippen molar-refractivity contribution in [2.24, 2.45) is 39.4 Å². The van der Waals surface area contributed by atoms with Gasteiger partial charge in [-0.05, 0) is 90.9 Å². The van der Waals surface area contributed by atoms with Crippen LogP contribution in [0.4, 0.5) is 0 Å². The number of carbonyl (C=O) groups excluding carboxylic acids is 1. The number of ether oxygens (including phenoxy) is 1. The SMILES string of the molecule is CC1(C)CCC[C@@]2(C)C1CC[C@]1(C)C2CC[C@]2(C)C3=C(CCC12)COC3=O. The molecule has 0 spiro atoms. The van der Waals surface area contributed by atoms with Gasteiger partial charge in [-0.1, -0.05) is 41.0 Å². The predicted octanol–water partition coefficient (Wildman–Crippen LogP) is 6.30. The fourth-order valence-electron chi connectivity index (χ4n) is 9.65. The van der Waals surface area contributed by atoms with E-state index in [0.717, 1.165) is 23.8 Å². The number of fused-ring (bicyclic) bond motifs is 6. The fraction of sp³-hybridized carbons (Fsp3) is 0.880. The Kier molecular flexibility index (Phi) is 3.66. The predicted molar refractivity (Wildman–Crippen MR) is 108 cm³/mol. The molecular weight excluding hydrogens is 332 g/mol. The lowest BCUT2D eigenvalue weighted by Gasteiger charge is -2.69. The summed E-state index contributed by atoms with van der Waals surface area (Å²) in [5.41, 5.74) is 3.86. The zero-order valence-electron chi connectivity index (χ0n) is 18.1. The summed E-state index contributed by atoms with van der Waals surface area (Å²) in [6.07, 6.45) is 11.8. The molecule has 1 aliphatic heterocycles. The minimum Gasteiger partial charge on any atom is -0.458 e. The molecule has 3 saturated carbocycles. The maximum atomic E-state index is 12.6. The molecule has 1 heterocycles. The number of hydrogen-bond donors (Lipinski definition) is 0. The molecule has 5 aliphatic rings. The summed E-state index contributed by atoms with van der Waals surface area (Å²) >= 11 is 0. The molecular formula is C25H38O2. The van der Waals surface area contributed by atoms with Crippen LogP contribution in [0.5, 0.6) is 0 Å². The highest BCUT2D eigenvalue weighted by Gasteiger charge is 2.66. The van der Waals surface area contributed by atoms with Crippen molar-refractivity contribution in [3.05, 3.63) is 11.1 Å². The number of esters is 1. The van der Waals surface area contributed by atoms with Gasteiger partial charge in [0.2, 0.25) is 0 Å². The van der Waals surface area contributed by atoms with Crippen LogP contribution in [-0.2, 0) is 9.53 Å². The van der Waals surface area contributed by atoms with Crippen molar-refractivity contribution in [3.63, 3.8) is 0 Å². The van der Waals surface area contributed by atoms with Crippen molar-refractivity contribution in [2.45, 2.75) is 92.4 Å². The normalized spacial score (nSPS) is 51.0. The van der Waals surface area contributed by atoms with Crippen LogP contribution in [0.25, 0.3) is 0 Å². The van der Waals surface area contributed by atoms with Gasteiger partial charge in [-0.3, -0.25) is 0 Å². The van der Waals surface area contributed by atoms with E-state index >= 15 is 0 Å². The third-order valence-corrected chi connectivity index (χ3v) is 10.6. The minimum atomic E-state index is 0.0120. The van der Waals surface area contributed by atoms with Crippen molar-refractivity contribution < 1.29 is 9.53 Å². The second kappa shape index (κ2) is 5.42. The van der Waals surface area contributed by atoms with Gasteiger partial charge in [0, 0.05) is 11.0 Å². The van der Waals surface area contributed by atoms with E-state index in [1.54, 1.807) is 0 Å². The van der Waals surface area contributed by atoms with Crippen LogP contribution in [0.2, 0.25) is 0 Å². The number of carbonyl (C=O) groups is 1. The molecule has 150 valence electrons. The largest absolute Gasteiger partial charge is 0.458 e. The van der Waals surface area contributed by atoms with E-state index in [-0.39, 0.29) is 11.4 Å². The standard InChI is InChI=1S/C25H38O2/c1-22(2)11-6-12-23(3)17(22)9-13-24(4)18-8-7-16-15-27-21(26)20(16)25(18,5)14-10-19(23)24/h17-19H,6-15H2,1-5H3/t17?,18?,19?,23-,24-,25-/m0/s1. The second-order valence-electron chi connectivity index (χ2n) is 12.1. The molecule has 3 unspecified atom stereocenters. The third-order valence-electron chi connectivity index (χ3n) is 10.6. The van der Waals surface area contributed by atoms with Gasteiger partial charge in [-0.25, -0.2) is 4.79 Å². The number of cyclic esters (lactones) is 1. The van der Waals surface area contributed by atoms with Crippen molar-refractivity contribution in [1.82, 2.24) is 0 Å². The molecule has 5 rings (SSSR count). The summed E-state index contributed by atoms with van der Waals surface area (Å²) in [5, 5.41) is 0. The second-order valence-corrected chi connectivity index (χ2v) is 12.1. The fourth-order valence-corrected chi connectivity index (χ4v) is 9.65. The third kappa shape index (κ3) is 2.16. The summed E-state index contributed by atoms with van der Waals surface area (Å²) in [5.74, 6) is 2.35. The van der Waals surface area contributed by atoms with Crippen molar-refractivity contribution >= 4 is 5.97 Å². The minimum absolute atomic E-state index is 0.0120. The molecule has 0 aromatic heterocycles. The van der Waals surface area contributed by atoms with Crippen LogP contribution in [0.1, 0.15) is 92.4 Å². The van der Waals surface area contributed by atoms with Crippen LogP contribution in [0.3, 0.4) is 0 Å². The summed E-state index contributed by atoms with van der Waals surface area (Å²) < 4.78 is 5.50. The lowest BCUT2D eigenvalue weighted by atomic mass is 9.35. The highest BCUT2D eigenvalue weighted by molar-refractivity contribution is 5.93. The first kappa shape index (κ1) is 18.3. The van der Waals surface area contributed by atoms with E-state index in [9.17, 15) is 4.79 Å². The van der Waals surface area contributed by atoms with Gasteiger partial charge >= 0.3 is 5.97 Å². The summed E-state index contributed by atoms with van der Waals surface area (Å²) in [4.78, 5) is 12.6. The lowest BCUT2D eigenvalue weighted by molar-refractivity contribution is -0.188. The van der Waals surface area contributed by atoms with Gasteiger partial charge in [0.05, 0.1) is 0 Å². The lowest BCUT2D eigenvalue weighted by Crippen LogP contribution is -2.61. The van der Waals surface area contributed by atoms with Crippen molar-refractivity contribution in [1.29, 1.82) is 0 Å². The van der Waals surface area contributed by atoms with Crippen LogP contribution < -0.4 is 0 Å². The van der Waals surface area contributed by atoms with E-state index in [0.29, 0.717) is 28.8 Å². The highest BCUT2D eigenvalue weighted by atomic mass is 16.5. The first-order valence-corrected chi connectivity index (χ1v) is 11.5. The van der Waals surface area contributed by atoms with Gasteiger partial charge in [0.1, 0.15) is 6.61 Å². The Balaban J connectivity index is 1.56. The average Bonchev–Trinajstić information content (AvgIpc) is 2.95. The molecule has 0 bridgehead atoms. The quantitative estimate of drug-likeness (QED) is 0.468. The Morgan fingerprint density at radius 3 is 2.30 bits per heavy atom. The van der Waals surface area contributed by atoms with E-state index in [1.165, 1.54) is 56.9 Å². The van der Waals surface area contributed by atoms with Gasteiger partial charge in [-0.2, -0.15) is 0 Å². The van der Waals surface area contributed by atoms with Crippen LogP contribution in [0, 0.1) is 39.4 Å².